The van der Waals surface area contributed by atoms with E-state index in [1.54, 1.807) is 0 Å². The summed E-state index contributed by atoms with van der Waals surface area (Å²) in [6.45, 7) is 5.83. The van der Waals surface area contributed by atoms with E-state index in [0.29, 0.717) is 25.9 Å². The predicted octanol–water partition coefficient (Wildman–Crippen LogP) is 2.50. The Morgan fingerprint density at radius 2 is 2.25 bits per heavy atom. The van der Waals surface area contributed by atoms with Crippen LogP contribution in [0.15, 0.2) is 24.5 Å². The summed E-state index contributed by atoms with van der Waals surface area (Å²) in [7, 11) is 0. The zero-order valence-electron chi connectivity index (χ0n) is 11.8. The van der Waals surface area contributed by atoms with Crippen LogP contribution in [-0.4, -0.2) is 16.3 Å². The number of hydrogen-bond donors (Lipinski definition) is 1. The zero-order valence-corrected chi connectivity index (χ0v) is 11.8. The quantitative estimate of drug-likeness (QED) is 0.873. The first-order valence-corrected chi connectivity index (χ1v) is 6.78. The molecular weight excluding hydrogens is 254 g/mol. The van der Waals surface area contributed by atoms with Gasteiger partial charge in [0.05, 0.1) is 13.2 Å². The van der Waals surface area contributed by atoms with Gasteiger partial charge in [-0.2, -0.15) is 0 Å². The highest BCUT2D eigenvalue weighted by Gasteiger charge is 2.17. The first kappa shape index (κ1) is 13.0. The molecule has 20 heavy (non-hydrogen) atoms. The Labute approximate surface area is 118 Å². The number of aromatic nitrogens is 2. The highest BCUT2D eigenvalue weighted by atomic mass is 16.7. The van der Waals surface area contributed by atoms with Crippen molar-refractivity contribution in [2.24, 2.45) is 0 Å². The molecule has 0 fully saturated rings. The molecule has 1 aromatic carbocycles. The van der Waals surface area contributed by atoms with E-state index in [-0.39, 0.29) is 0 Å². The summed E-state index contributed by atoms with van der Waals surface area (Å²) in [4.78, 5) is 4.41. The van der Waals surface area contributed by atoms with E-state index in [4.69, 9.17) is 15.2 Å². The topological polar surface area (TPSA) is 62.3 Å². The second-order valence-electron chi connectivity index (χ2n) is 5.35. The van der Waals surface area contributed by atoms with Crippen molar-refractivity contribution in [1.82, 2.24) is 9.55 Å². The Morgan fingerprint density at radius 3 is 3.05 bits per heavy atom. The van der Waals surface area contributed by atoms with Crippen LogP contribution in [0.5, 0.6) is 5.75 Å². The summed E-state index contributed by atoms with van der Waals surface area (Å²) >= 11 is 0. The predicted molar refractivity (Wildman–Crippen MR) is 76.6 cm³/mol. The van der Waals surface area contributed by atoms with E-state index >= 15 is 0 Å². The average Bonchev–Trinajstić information content (AvgIpc) is 2.87. The van der Waals surface area contributed by atoms with E-state index in [2.05, 4.69) is 23.4 Å². The molecule has 1 aliphatic heterocycles. The van der Waals surface area contributed by atoms with Crippen molar-refractivity contribution in [2.75, 3.05) is 12.5 Å². The maximum absolute atomic E-state index is 5.97. The van der Waals surface area contributed by atoms with Crippen LogP contribution < -0.4 is 10.5 Å². The third-order valence-electron chi connectivity index (χ3n) is 3.41. The van der Waals surface area contributed by atoms with Crippen molar-refractivity contribution in [3.63, 3.8) is 0 Å². The van der Waals surface area contributed by atoms with Crippen molar-refractivity contribution in [1.29, 1.82) is 0 Å². The smallest absolute Gasteiger partial charge is 0.189 e. The van der Waals surface area contributed by atoms with Gasteiger partial charge in [0.1, 0.15) is 11.6 Å². The molecule has 5 nitrogen and oxygen atoms in total. The number of nitrogens with two attached hydrogens (primary N) is 1. The van der Waals surface area contributed by atoms with Crippen molar-refractivity contribution in [2.45, 2.75) is 32.9 Å². The fraction of sp³-hybridized carbons (Fsp3) is 0.400. The number of imidazole rings is 1. The van der Waals surface area contributed by atoms with Gasteiger partial charge >= 0.3 is 0 Å². The molecule has 0 amide bonds. The minimum absolute atomic E-state index is 0.297. The van der Waals surface area contributed by atoms with Crippen LogP contribution in [0.2, 0.25) is 0 Å². The summed E-state index contributed by atoms with van der Waals surface area (Å²) < 4.78 is 13.1. The molecule has 0 atom stereocenters. The van der Waals surface area contributed by atoms with Crippen LogP contribution >= 0.6 is 0 Å². The minimum atomic E-state index is 0.297. The molecule has 0 aliphatic carbocycles. The van der Waals surface area contributed by atoms with Gasteiger partial charge in [0.2, 0.25) is 0 Å². The lowest BCUT2D eigenvalue weighted by Crippen LogP contribution is -2.15. The second-order valence-corrected chi connectivity index (χ2v) is 5.35. The Morgan fingerprint density at radius 1 is 1.40 bits per heavy atom. The van der Waals surface area contributed by atoms with Crippen molar-refractivity contribution in [3.05, 3.63) is 41.5 Å². The Hall–Kier alpha value is -2.01. The normalized spacial score (nSPS) is 14.2. The highest BCUT2D eigenvalue weighted by molar-refractivity contribution is 5.53. The molecule has 2 heterocycles. The number of fused-ring (bicyclic) bond motifs is 1. The third-order valence-corrected chi connectivity index (χ3v) is 3.41. The molecule has 0 saturated heterocycles. The fourth-order valence-corrected chi connectivity index (χ4v) is 2.58. The number of nitrogen functional groups attached to an aromatic ring is 1. The number of anilines is 1. The van der Waals surface area contributed by atoms with Crippen molar-refractivity contribution >= 4 is 5.69 Å². The van der Waals surface area contributed by atoms with Gasteiger partial charge in [-0.1, -0.05) is 13.8 Å². The van der Waals surface area contributed by atoms with E-state index in [1.807, 2.05) is 24.5 Å². The van der Waals surface area contributed by atoms with Crippen LogP contribution in [0.4, 0.5) is 5.69 Å². The maximum Gasteiger partial charge on any atom is 0.189 e. The molecule has 106 valence electrons. The molecule has 0 unspecified atom stereocenters. The Bertz CT molecular complexity index is 620. The molecule has 5 heteroatoms. The molecule has 0 spiro atoms. The van der Waals surface area contributed by atoms with Crippen LogP contribution in [0.3, 0.4) is 0 Å². The number of benzene rings is 1. The van der Waals surface area contributed by atoms with Gasteiger partial charge in [0, 0.05) is 35.1 Å². The monoisotopic (exact) mass is 273 g/mol. The Kier molecular flexibility index (Phi) is 3.36. The lowest BCUT2D eigenvalue weighted by molar-refractivity contribution is -0.0170. The number of rotatable bonds is 3. The molecule has 0 saturated carbocycles. The largest absolute Gasteiger partial charge is 0.467 e. The first-order valence-electron chi connectivity index (χ1n) is 6.78. The van der Waals surface area contributed by atoms with Gasteiger partial charge < -0.3 is 19.8 Å². The molecule has 0 radical (unpaired) electrons. The van der Waals surface area contributed by atoms with Gasteiger partial charge in [-0.05, 0) is 12.1 Å². The van der Waals surface area contributed by atoms with E-state index < -0.39 is 0 Å². The average molecular weight is 273 g/mol. The van der Waals surface area contributed by atoms with Crippen LogP contribution in [0.1, 0.15) is 36.7 Å². The zero-order chi connectivity index (χ0) is 14.1. The van der Waals surface area contributed by atoms with Crippen molar-refractivity contribution in [3.8, 4) is 5.75 Å². The molecule has 3 rings (SSSR count). The number of hydrogen-bond acceptors (Lipinski definition) is 4. The minimum Gasteiger partial charge on any atom is -0.467 e. The summed E-state index contributed by atoms with van der Waals surface area (Å²) in [6, 6.07) is 3.88. The number of nitrogens with zero attached hydrogens (tertiary/aromatic N) is 2. The molecule has 2 aromatic rings. The van der Waals surface area contributed by atoms with Gasteiger partial charge in [-0.15, -0.1) is 0 Å². The van der Waals surface area contributed by atoms with Gasteiger partial charge in [-0.25, -0.2) is 4.98 Å². The lowest BCUT2D eigenvalue weighted by atomic mass is 10.1. The van der Waals surface area contributed by atoms with Crippen LogP contribution in [0, 0.1) is 0 Å². The number of ether oxygens (including phenoxy) is 2. The Balaban J connectivity index is 1.98. The first-order chi connectivity index (χ1) is 9.65. The van der Waals surface area contributed by atoms with E-state index in [0.717, 1.165) is 28.4 Å². The molecule has 1 aromatic heterocycles. The lowest BCUT2D eigenvalue weighted by Gasteiger charge is -2.22. The summed E-state index contributed by atoms with van der Waals surface area (Å²) in [5, 5.41) is 0. The third kappa shape index (κ3) is 2.36. The van der Waals surface area contributed by atoms with Crippen molar-refractivity contribution < 1.29 is 9.47 Å². The van der Waals surface area contributed by atoms with Crippen LogP contribution in [0.25, 0.3) is 0 Å². The maximum atomic E-state index is 5.97. The molecule has 2 N–H and O–H groups in total. The summed E-state index contributed by atoms with van der Waals surface area (Å²) in [5.74, 6) is 2.34. The fourth-order valence-electron chi connectivity index (χ4n) is 2.58. The van der Waals surface area contributed by atoms with Gasteiger partial charge in [-0.3, -0.25) is 0 Å². The molecule has 0 bridgehead atoms. The molecule has 1 aliphatic rings. The second kappa shape index (κ2) is 5.17. The van der Waals surface area contributed by atoms with E-state index in [9.17, 15) is 0 Å². The van der Waals surface area contributed by atoms with Gasteiger partial charge in [0.15, 0.2) is 6.79 Å². The van der Waals surface area contributed by atoms with Gasteiger partial charge in [0.25, 0.3) is 0 Å². The molecular formula is C15H19N3O2. The standard InChI is InChI=1S/C15H19N3O2/c1-10(2)15-17-3-4-18(15)7-11-5-13(16)6-12-8-19-9-20-14(11)12/h3-6,10H,7-9,16H2,1-2H3. The summed E-state index contributed by atoms with van der Waals surface area (Å²) in [5.41, 5.74) is 8.79. The SMILES string of the molecule is CC(C)c1nccn1Cc1cc(N)cc2c1OCOC2. The van der Waals surface area contributed by atoms with E-state index in [1.165, 1.54) is 0 Å². The van der Waals surface area contributed by atoms with Crippen LogP contribution in [-0.2, 0) is 17.9 Å². The summed E-state index contributed by atoms with van der Waals surface area (Å²) in [6.07, 6.45) is 3.82. The highest BCUT2D eigenvalue weighted by Crippen LogP contribution is 2.31.